The van der Waals surface area contributed by atoms with Gasteiger partial charge in [-0.25, -0.2) is 4.99 Å². The third kappa shape index (κ3) is 4.52. The summed E-state index contributed by atoms with van der Waals surface area (Å²) in [6, 6.07) is 16.7. The number of hydrogen-bond donors (Lipinski definition) is 2. The lowest BCUT2D eigenvalue weighted by molar-refractivity contribution is 0.0976. The highest BCUT2D eigenvalue weighted by atomic mass is 16.7. The number of amides is 1. The number of aromatic nitrogens is 1. The lowest BCUT2D eigenvalue weighted by Crippen LogP contribution is -2.36. The monoisotopic (exact) mass is 388 g/mol. The molecule has 7 heteroatoms. The Morgan fingerprint density at radius 3 is 2.79 bits per heavy atom. The van der Waals surface area contributed by atoms with Crippen LogP contribution in [0, 0.1) is 6.92 Å². The van der Waals surface area contributed by atoms with E-state index in [0.717, 1.165) is 16.8 Å². The van der Waals surface area contributed by atoms with E-state index in [9.17, 15) is 4.79 Å². The summed E-state index contributed by atoms with van der Waals surface area (Å²) in [4.78, 5) is 21.4. The summed E-state index contributed by atoms with van der Waals surface area (Å²) in [5.74, 6) is 1.24. The summed E-state index contributed by atoms with van der Waals surface area (Å²) in [5.41, 5.74) is 3.30. The molecule has 0 aliphatic carbocycles. The molecule has 0 atom stereocenters. The molecule has 0 fully saturated rings. The minimum atomic E-state index is -0.297. The first-order chi connectivity index (χ1) is 14.2. The van der Waals surface area contributed by atoms with Crippen LogP contribution in [-0.4, -0.2) is 23.6 Å². The van der Waals surface area contributed by atoms with Gasteiger partial charge in [-0.3, -0.25) is 15.1 Å². The first-order valence-corrected chi connectivity index (χ1v) is 9.16. The molecule has 1 amide bonds. The first-order valence-electron chi connectivity index (χ1n) is 9.16. The molecule has 0 unspecified atom stereocenters. The fraction of sp³-hybridized carbons (Fsp3) is 0.136. The van der Waals surface area contributed by atoms with Gasteiger partial charge < -0.3 is 14.8 Å². The number of nitrogens with zero attached hydrogens (tertiary/aromatic N) is 2. The van der Waals surface area contributed by atoms with Crippen molar-refractivity contribution in [1.29, 1.82) is 0 Å². The number of carbonyl (C=O) groups is 1. The number of anilines is 1. The lowest BCUT2D eigenvalue weighted by atomic mass is 10.2. The van der Waals surface area contributed by atoms with Crippen molar-refractivity contribution in [2.75, 3.05) is 12.1 Å². The molecule has 1 aromatic heterocycles. The molecule has 1 aliphatic rings. The molecule has 7 nitrogen and oxygen atoms in total. The van der Waals surface area contributed by atoms with Crippen molar-refractivity contribution in [1.82, 2.24) is 10.3 Å². The largest absolute Gasteiger partial charge is 0.454 e. The fourth-order valence-electron chi connectivity index (χ4n) is 2.83. The summed E-state index contributed by atoms with van der Waals surface area (Å²) in [7, 11) is 0. The fourth-order valence-corrected chi connectivity index (χ4v) is 2.83. The molecular formula is C22H20N4O3. The highest BCUT2D eigenvalue weighted by Gasteiger charge is 2.17. The Balaban J connectivity index is 1.55. The van der Waals surface area contributed by atoms with Crippen LogP contribution < -0.4 is 20.1 Å². The highest BCUT2D eigenvalue weighted by molar-refractivity contribution is 6.10. The van der Waals surface area contributed by atoms with E-state index in [1.165, 1.54) is 0 Å². The van der Waals surface area contributed by atoms with Gasteiger partial charge >= 0.3 is 0 Å². The van der Waals surface area contributed by atoms with Gasteiger partial charge in [0.25, 0.3) is 5.91 Å². The topological polar surface area (TPSA) is 84.8 Å². The van der Waals surface area contributed by atoms with Crippen LogP contribution >= 0.6 is 0 Å². The van der Waals surface area contributed by atoms with Crippen LogP contribution in [-0.2, 0) is 6.54 Å². The number of hydrogen-bond acceptors (Lipinski definition) is 5. The molecule has 0 radical (unpaired) electrons. The Morgan fingerprint density at radius 2 is 1.97 bits per heavy atom. The standard InChI is InChI=1S/C22H20N4O3/c1-15-5-2-3-7-18(15)25-22(24-13-16-6-4-10-23-12-16)26-21(27)17-8-9-19-20(11-17)29-14-28-19/h2-12H,13-14H2,1H3,(H2,24,25,26,27). The molecule has 0 saturated carbocycles. The minimum absolute atomic E-state index is 0.160. The number of aliphatic imine (C=N–C) groups is 1. The number of nitrogens with one attached hydrogen (secondary N) is 2. The van der Waals surface area contributed by atoms with E-state index in [1.807, 2.05) is 43.3 Å². The zero-order chi connectivity index (χ0) is 20.1. The van der Waals surface area contributed by atoms with Crippen molar-refractivity contribution in [2.24, 2.45) is 4.99 Å². The van der Waals surface area contributed by atoms with Crippen molar-refractivity contribution in [2.45, 2.75) is 13.5 Å². The van der Waals surface area contributed by atoms with Gasteiger partial charge in [0.15, 0.2) is 11.5 Å². The Kier molecular flexibility index (Phi) is 5.38. The molecule has 2 heterocycles. The van der Waals surface area contributed by atoms with Gasteiger partial charge in [0.05, 0.1) is 6.54 Å². The molecule has 4 rings (SSSR count). The van der Waals surface area contributed by atoms with Gasteiger partial charge in [-0.1, -0.05) is 24.3 Å². The van der Waals surface area contributed by atoms with Crippen LogP contribution in [0.15, 0.2) is 72.0 Å². The van der Waals surface area contributed by atoms with Gasteiger partial charge in [0, 0.05) is 23.6 Å². The lowest BCUT2D eigenvalue weighted by Gasteiger charge is -2.14. The summed E-state index contributed by atoms with van der Waals surface area (Å²) in [6.45, 7) is 2.53. The molecule has 0 bridgehead atoms. The number of para-hydroxylation sites is 1. The van der Waals surface area contributed by atoms with E-state index >= 15 is 0 Å². The predicted molar refractivity (Wildman–Crippen MR) is 110 cm³/mol. The van der Waals surface area contributed by atoms with E-state index in [-0.39, 0.29) is 12.7 Å². The van der Waals surface area contributed by atoms with Crippen molar-refractivity contribution < 1.29 is 14.3 Å². The van der Waals surface area contributed by atoms with Crippen LogP contribution in [0.5, 0.6) is 11.5 Å². The molecule has 2 N–H and O–H groups in total. The third-order valence-electron chi connectivity index (χ3n) is 4.41. The minimum Gasteiger partial charge on any atom is -0.454 e. The summed E-state index contributed by atoms with van der Waals surface area (Å²) in [5, 5.41) is 6.07. The summed E-state index contributed by atoms with van der Waals surface area (Å²) in [6.07, 6.45) is 3.45. The molecule has 146 valence electrons. The summed E-state index contributed by atoms with van der Waals surface area (Å²) >= 11 is 0. The Labute approximate surface area is 168 Å². The van der Waals surface area contributed by atoms with Gasteiger partial charge in [0.1, 0.15) is 0 Å². The Morgan fingerprint density at radius 1 is 1.10 bits per heavy atom. The van der Waals surface area contributed by atoms with E-state index in [2.05, 4.69) is 20.6 Å². The number of benzene rings is 2. The molecular weight excluding hydrogens is 368 g/mol. The first kappa shape index (κ1) is 18.5. The maximum absolute atomic E-state index is 12.8. The zero-order valence-corrected chi connectivity index (χ0v) is 15.9. The van der Waals surface area contributed by atoms with Crippen LogP contribution in [0.3, 0.4) is 0 Å². The molecule has 1 aliphatic heterocycles. The third-order valence-corrected chi connectivity index (χ3v) is 4.41. The van der Waals surface area contributed by atoms with Crippen LogP contribution in [0.1, 0.15) is 21.5 Å². The average Bonchev–Trinajstić information content (AvgIpc) is 3.22. The highest BCUT2D eigenvalue weighted by Crippen LogP contribution is 2.32. The number of aryl methyl sites for hydroxylation is 1. The molecule has 3 aromatic rings. The van der Waals surface area contributed by atoms with Crippen LogP contribution in [0.4, 0.5) is 5.69 Å². The molecule has 2 aromatic carbocycles. The smallest absolute Gasteiger partial charge is 0.258 e. The number of rotatable bonds is 4. The van der Waals surface area contributed by atoms with Crippen molar-refractivity contribution in [3.8, 4) is 11.5 Å². The van der Waals surface area contributed by atoms with E-state index < -0.39 is 0 Å². The average molecular weight is 388 g/mol. The van der Waals surface area contributed by atoms with E-state index in [4.69, 9.17) is 9.47 Å². The van der Waals surface area contributed by atoms with Crippen molar-refractivity contribution in [3.05, 3.63) is 83.7 Å². The number of pyridine rings is 1. The van der Waals surface area contributed by atoms with Gasteiger partial charge in [0.2, 0.25) is 12.8 Å². The maximum atomic E-state index is 12.8. The van der Waals surface area contributed by atoms with Crippen LogP contribution in [0.2, 0.25) is 0 Å². The van der Waals surface area contributed by atoms with Gasteiger partial charge in [-0.05, 0) is 48.4 Å². The second-order valence-electron chi connectivity index (χ2n) is 6.49. The Hall–Kier alpha value is -3.87. The van der Waals surface area contributed by atoms with Crippen LogP contribution in [0.25, 0.3) is 0 Å². The number of guanidine groups is 1. The number of fused-ring (bicyclic) bond motifs is 1. The predicted octanol–water partition coefficient (Wildman–Crippen LogP) is 3.52. The second-order valence-corrected chi connectivity index (χ2v) is 6.49. The van der Waals surface area contributed by atoms with Crippen molar-refractivity contribution in [3.63, 3.8) is 0 Å². The quantitative estimate of drug-likeness (QED) is 0.528. The molecule has 29 heavy (non-hydrogen) atoms. The maximum Gasteiger partial charge on any atom is 0.258 e. The van der Waals surface area contributed by atoms with E-state index in [0.29, 0.717) is 29.6 Å². The summed E-state index contributed by atoms with van der Waals surface area (Å²) < 4.78 is 10.7. The number of carbonyl (C=O) groups excluding carboxylic acids is 1. The number of ether oxygens (including phenoxy) is 2. The van der Waals surface area contributed by atoms with E-state index in [1.54, 1.807) is 30.6 Å². The van der Waals surface area contributed by atoms with Crippen molar-refractivity contribution >= 4 is 17.6 Å². The second kappa shape index (κ2) is 8.43. The zero-order valence-electron chi connectivity index (χ0n) is 15.9. The molecule has 0 saturated heterocycles. The van der Waals surface area contributed by atoms with Gasteiger partial charge in [-0.15, -0.1) is 0 Å². The SMILES string of the molecule is Cc1ccccc1NC(=NCc1cccnc1)NC(=O)c1ccc2c(c1)OCO2. The Bertz CT molecular complexity index is 1050. The molecule has 0 spiro atoms. The van der Waals surface area contributed by atoms with Gasteiger partial charge in [-0.2, -0.15) is 0 Å². The normalized spacial score (nSPS) is 12.5.